The monoisotopic (exact) mass is 311 g/mol. The molecular weight excluding hydrogens is 290 g/mol. The summed E-state index contributed by atoms with van der Waals surface area (Å²) in [5, 5.41) is 4.06. The van der Waals surface area contributed by atoms with Crippen LogP contribution in [0.25, 0.3) is 0 Å². The first kappa shape index (κ1) is 14.4. The van der Waals surface area contributed by atoms with E-state index in [1.807, 2.05) is 4.90 Å². The Morgan fingerprint density at radius 2 is 2.00 bits per heavy atom. The number of rotatable bonds is 5. The SMILES string of the molecule is Cc1ccc(CCN2CC(c3nc(C4CC4)no3)CC2=O)cc1. The summed E-state index contributed by atoms with van der Waals surface area (Å²) in [6, 6.07) is 8.49. The number of nitrogens with zero attached hydrogens (tertiary/aromatic N) is 3. The first-order valence-electron chi connectivity index (χ1n) is 8.36. The van der Waals surface area contributed by atoms with Gasteiger partial charge in [0.1, 0.15) is 0 Å². The van der Waals surface area contributed by atoms with E-state index in [0.717, 1.165) is 31.6 Å². The quantitative estimate of drug-likeness (QED) is 0.852. The third kappa shape index (κ3) is 3.14. The van der Waals surface area contributed by atoms with Gasteiger partial charge >= 0.3 is 0 Å². The molecule has 23 heavy (non-hydrogen) atoms. The predicted molar refractivity (Wildman–Crippen MR) is 85.1 cm³/mol. The number of carbonyl (C=O) groups is 1. The molecule has 0 bridgehead atoms. The molecule has 1 aliphatic carbocycles. The molecule has 1 atom stereocenters. The smallest absolute Gasteiger partial charge is 0.232 e. The average Bonchev–Trinajstić information content (AvgIpc) is 3.16. The van der Waals surface area contributed by atoms with E-state index in [2.05, 4.69) is 41.3 Å². The van der Waals surface area contributed by atoms with Crippen LogP contribution in [0.15, 0.2) is 28.8 Å². The van der Waals surface area contributed by atoms with Gasteiger partial charge in [-0.05, 0) is 31.7 Å². The number of carbonyl (C=O) groups excluding carboxylic acids is 1. The highest BCUT2D eigenvalue weighted by atomic mass is 16.5. The maximum Gasteiger partial charge on any atom is 0.232 e. The van der Waals surface area contributed by atoms with Crippen molar-refractivity contribution in [2.45, 2.75) is 44.4 Å². The highest BCUT2D eigenvalue weighted by molar-refractivity contribution is 5.79. The molecule has 2 fully saturated rings. The second-order valence-corrected chi connectivity index (χ2v) is 6.74. The molecule has 4 rings (SSSR count). The summed E-state index contributed by atoms with van der Waals surface area (Å²) >= 11 is 0. The van der Waals surface area contributed by atoms with E-state index in [4.69, 9.17) is 4.52 Å². The van der Waals surface area contributed by atoms with Gasteiger partial charge in [-0.15, -0.1) is 0 Å². The molecular formula is C18H21N3O2. The summed E-state index contributed by atoms with van der Waals surface area (Å²) < 4.78 is 5.38. The Balaban J connectivity index is 1.36. The molecule has 1 aromatic carbocycles. The normalized spacial score (nSPS) is 21.2. The van der Waals surface area contributed by atoms with Gasteiger partial charge in [-0.1, -0.05) is 35.0 Å². The molecule has 0 N–H and O–H groups in total. The van der Waals surface area contributed by atoms with E-state index < -0.39 is 0 Å². The Kier molecular flexibility index (Phi) is 3.63. The minimum absolute atomic E-state index is 0.0560. The molecule has 1 saturated heterocycles. The van der Waals surface area contributed by atoms with Gasteiger partial charge in [-0.2, -0.15) is 4.98 Å². The lowest BCUT2D eigenvalue weighted by atomic mass is 10.1. The Bertz CT molecular complexity index is 703. The molecule has 5 heteroatoms. The number of benzene rings is 1. The van der Waals surface area contributed by atoms with Crippen LogP contribution in [0.1, 0.15) is 53.9 Å². The van der Waals surface area contributed by atoms with Crippen molar-refractivity contribution < 1.29 is 9.32 Å². The van der Waals surface area contributed by atoms with Crippen LogP contribution in [0.3, 0.4) is 0 Å². The van der Waals surface area contributed by atoms with Crippen molar-refractivity contribution in [3.05, 3.63) is 47.1 Å². The molecule has 2 aromatic rings. The zero-order valence-corrected chi connectivity index (χ0v) is 13.4. The van der Waals surface area contributed by atoms with E-state index in [0.29, 0.717) is 24.8 Å². The third-order valence-electron chi connectivity index (χ3n) is 4.75. The number of likely N-dealkylation sites (tertiary alicyclic amines) is 1. The molecule has 1 saturated carbocycles. The highest BCUT2D eigenvalue weighted by Crippen LogP contribution is 2.39. The molecule has 1 unspecified atom stereocenters. The van der Waals surface area contributed by atoms with Gasteiger partial charge in [0.05, 0.1) is 5.92 Å². The van der Waals surface area contributed by atoms with Crippen molar-refractivity contribution >= 4 is 5.91 Å². The lowest BCUT2D eigenvalue weighted by molar-refractivity contribution is -0.127. The Morgan fingerprint density at radius 1 is 1.22 bits per heavy atom. The molecule has 120 valence electrons. The summed E-state index contributed by atoms with van der Waals surface area (Å²) in [7, 11) is 0. The van der Waals surface area contributed by atoms with Gasteiger partial charge in [0.2, 0.25) is 11.8 Å². The van der Waals surface area contributed by atoms with Gasteiger partial charge in [0.15, 0.2) is 5.82 Å². The highest BCUT2D eigenvalue weighted by Gasteiger charge is 2.36. The van der Waals surface area contributed by atoms with Crippen molar-refractivity contribution in [2.75, 3.05) is 13.1 Å². The molecule has 1 amide bonds. The molecule has 5 nitrogen and oxygen atoms in total. The fourth-order valence-corrected chi connectivity index (χ4v) is 3.09. The van der Waals surface area contributed by atoms with Crippen LogP contribution in [-0.2, 0) is 11.2 Å². The zero-order chi connectivity index (χ0) is 15.8. The summed E-state index contributed by atoms with van der Waals surface area (Å²) in [4.78, 5) is 18.6. The molecule has 2 heterocycles. The Morgan fingerprint density at radius 3 is 2.74 bits per heavy atom. The van der Waals surface area contributed by atoms with Crippen molar-refractivity contribution in [2.24, 2.45) is 0 Å². The third-order valence-corrected chi connectivity index (χ3v) is 4.75. The van der Waals surface area contributed by atoms with Crippen LogP contribution in [-0.4, -0.2) is 34.0 Å². The van der Waals surface area contributed by atoms with Crippen molar-refractivity contribution in [1.29, 1.82) is 0 Å². The lowest BCUT2D eigenvalue weighted by Gasteiger charge is -2.15. The maximum absolute atomic E-state index is 12.2. The predicted octanol–water partition coefficient (Wildman–Crippen LogP) is 2.81. The van der Waals surface area contributed by atoms with Crippen molar-refractivity contribution in [3.8, 4) is 0 Å². The number of hydrogen-bond donors (Lipinski definition) is 0. The van der Waals surface area contributed by atoms with Crippen LogP contribution in [0.5, 0.6) is 0 Å². The van der Waals surface area contributed by atoms with Crippen molar-refractivity contribution in [1.82, 2.24) is 15.0 Å². The van der Waals surface area contributed by atoms with Crippen LogP contribution >= 0.6 is 0 Å². The van der Waals surface area contributed by atoms with E-state index in [-0.39, 0.29) is 11.8 Å². The first-order valence-corrected chi connectivity index (χ1v) is 8.36. The maximum atomic E-state index is 12.2. The van der Waals surface area contributed by atoms with Gasteiger partial charge in [-0.3, -0.25) is 4.79 Å². The lowest BCUT2D eigenvalue weighted by Crippen LogP contribution is -2.27. The van der Waals surface area contributed by atoms with Crippen LogP contribution in [0.4, 0.5) is 0 Å². The molecule has 1 aliphatic heterocycles. The second-order valence-electron chi connectivity index (χ2n) is 6.74. The summed E-state index contributed by atoms with van der Waals surface area (Å²) in [5.41, 5.74) is 2.52. The fourth-order valence-electron chi connectivity index (χ4n) is 3.09. The van der Waals surface area contributed by atoms with Gasteiger partial charge in [0, 0.05) is 25.4 Å². The Labute approximate surface area is 135 Å². The summed E-state index contributed by atoms with van der Waals surface area (Å²) in [6.45, 7) is 3.53. The first-order chi connectivity index (χ1) is 11.2. The van der Waals surface area contributed by atoms with E-state index in [1.165, 1.54) is 11.1 Å². The van der Waals surface area contributed by atoms with E-state index >= 15 is 0 Å². The van der Waals surface area contributed by atoms with Crippen LogP contribution in [0.2, 0.25) is 0 Å². The minimum atomic E-state index is 0.0560. The molecule has 0 radical (unpaired) electrons. The zero-order valence-electron chi connectivity index (χ0n) is 13.4. The topological polar surface area (TPSA) is 59.2 Å². The minimum Gasteiger partial charge on any atom is -0.342 e. The summed E-state index contributed by atoms with van der Waals surface area (Å²) in [6.07, 6.45) is 3.69. The molecule has 2 aliphatic rings. The van der Waals surface area contributed by atoms with E-state index in [1.54, 1.807) is 0 Å². The van der Waals surface area contributed by atoms with Gasteiger partial charge < -0.3 is 9.42 Å². The number of aryl methyl sites for hydroxylation is 1. The largest absolute Gasteiger partial charge is 0.342 e. The number of aromatic nitrogens is 2. The van der Waals surface area contributed by atoms with Crippen LogP contribution in [0, 0.1) is 6.92 Å². The second kappa shape index (κ2) is 5.80. The molecule has 0 spiro atoms. The average molecular weight is 311 g/mol. The van der Waals surface area contributed by atoms with Crippen LogP contribution < -0.4 is 0 Å². The van der Waals surface area contributed by atoms with Crippen molar-refractivity contribution in [3.63, 3.8) is 0 Å². The Hall–Kier alpha value is -2.17. The van der Waals surface area contributed by atoms with Gasteiger partial charge in [0.25, 0.3) is 0 Å². The molecule has 1 aromatic heterocycles. The fraction of sp³-hybridized carbons (Fsp3) is 0.500. The number of amides is 1. The number of hydrogen-bond acceptors (Lipinski definition) is 4. The summed E-state index contributed by atoms with van der Waals surface area (Å²) in [5.74, 6) is 2.19. The van der Waals surface area contributed by atoms with E-state index in [9.17, 15) is 4.79 Å². The standard InChI is InChI=1S/C18H21N3O2/c1-12-2-4-13(5-3-12)8-9-21-11-15(10-16(21)22)18-19-17(20-23-18)14-6-7-14/h2-5,14-15H,6-11H2,1H3. The van der Waals surface area contributed by atoms with Gasteiger partial charge in [-0.25, -0.2) is 0 Å².